The number of aromatic hydroxyl groups is 3. The number of hydrogen-bond donors (Lipinski definition) is 20. The Morgan fingerprint density at radius 1 is 0.688 bits per heavy atom. The highest BCUT2D eigenvalue weighted by atomic mass is 35.5. The van der Waals surface area contributed by atoms with E-state index < -0.39 is 192 Å². The van der Waals surface area contributed by atoms with Crippen LogP contribution in [-0.4, -0.2) is 200 Å². The van der Waals surface area contributed by atoms with Gasteiger partial charge in [-0.1, -0.05) is 103 Å². The number of unbranched alkanes of at least 4 members (excludes halogenated alkanes) is 1. The van der Waals surface area contributed by atoms with Gasteiger partial charge in [-0.3, -0.25) is 38.4 Å². The summed E-state index contributed by atoms with van der Waals surface area (Å²) in [5, 5.41) is 130. The lowest BCUT2D eigenvalue weighted by Crippen LogP contribution is -2.64. The van der Waals surface area contributed by atoms with Crippen molar-refractivity contribution in [2.75, 3.05) is 33.8 Å². The number of carbonyl (C=O) groups is 8. The van der Waals surface area contributed by atoms with Crippen LogP contribution in [0.3, 0.4) is 0 Å². The van der Waals surface area contributed by atoms with Crippen molar-refractivity contribution in [1.82, 2.24) is 47.9 Å². The summed E-state index contributed by atoms with van der Waals surface area (Å²) < 4.78 is 39.2. The molecule has 1 saturated heterocycles. The number of rotatable bonds is 24. The maximum atomic E-state index is 14.9. The van der Waals surface area contributed by atoms with Gasteiger partial charge in [0.1, 0.15) is 95.7 Å². The maximum Gasteiger partial charge on any atom is 0.247 e. The van der Waals surface area contributed by atoms with Gasteiger partial charge < -0.3 is 134 Å². The van der Waals surface area contributed by atoms with Crippen molar-refractivity contribution in [3.63, 3.8) is 0 Å². The summed E-state index contributed by atoms with van der Waals surface area (Å²) in [5.41, 5.74) is 10.5. The number of ether oxygens (including phenoxy) is 6. The molecule has 0 spiro atoms. The Labute approximate surface area is 740 Å². The molecule has 1 aliphatic carbocycles. The molecule has 38 heteroatoms. The number of carbonyl (C=O) groups excluding carboxylic acids is 8. The summed E-state index contributed by atoms with van der Waals surface area (Å²) in [6, 6.07) is 19.5. The molecule has 2 fully saturated rings. The van der Waals surface area contributed by atoms with Crippen molar-refractivity contribution in [2.24, 2.45) is 23.3 Å². The third-order valence-corrected chi connectivity index (χ3v) is 23.1. The molecule has 12 rings (SSSR count). The number of likely N-dealkylation sites (N-methyl/N-ethyl adjacent to an activating group) is 2. The van der Waals surface area contributed by atoms with Crippen molar-refractivity contribution in [3.05, 3.63) is 181 Å². The fourth-order valence-corrected chi connectivity index (χ4v) is 15.6. The highest BCUT2D eigenvalue weighted by molar-refractivity contribution is 6.42. The molecule has 4 heterocycles. The zero-order valence-corrected chi connectivity index (χ0v) is 72.4. The number of phenolic OH excluding ortho intramolecular Hbond substituents is 3. The average molecular weight is 1810 g/mol. The number of nitrogens with one attached hydrogen (secondary N) is 9. The number of phenols is 3. The minimum atomic E-state index is -2.06. The predicted octanol–water partition coefficient (Wildman–Crippen LogP) is 6.23. The zero-order valence-electron chi connectivity index (χ0n) is 69.3. The Bertz CT molecular complexity index is 5020. The number of nitrogens with two attached hydrogens (primary N) is 2. The van der Waals surface area contributed by atoms with Crippen LogP contribution in [0, 0.1) is 11.8 Å². The van der Waals surface area contributed by atoms with Crippen LogP contribution in [0.4, 0.5) is 0 Å². The van der Waals surface area contributed by atoms with E-state index in [4.69, 9.17) is 86.3 Å². The molecule has 4 aliphatic heterocycles. The number of benzene rings is 7. The van der Waals surface area contributed by atoms with E-state index in [2.05, 4.69) is 47.9 Å². The van der Waals surface area contributed by atoms with Crippen molar-refractivity contribution in [1.29, 1.82) is 0 Å². The first-order chi connectivity index (χ1) is 59.4. The van der Waals surface area contributed by atoms with Gasteiger partial charge in [0.05, 0.1) is 63.4 Å². The number of primary amides is 1. The summed E-state index contributed by atoms with van der Waals surface area (Å²) in [7, 11) is 2.72. The average Bonchev–Trinajstić information content (AvgIpc) is 0.771. The number of fused-ring (bicyclic) bond motifs is 2. The smallest absolute Gasteiger partial charge is 0.247 e. The monoisotopic (exact) mass is 1810 g/mol. The molecule has 10 unspecified atom stereocenters. The van der Waals surface area contributed by atoms with Gasteiger partial charge in [0.2, 0.25) is 53.0 Å². The van der Waals surface area contributed by atoms with Gasteiger partial charge in [0.25, 0.3) is 0 Å². The van der Waals surface area contributed by atoms with Crippen LogP contribution in [0.5, 0.6) is 51.7 Å². The lowest BCUT2D eigenvalue weighted by molar-refractivity contribution is -0.289. The van der Waals surface area contributed by atoms with Crippen molar-refractivity contribution in [2.45, 2.75) is 190 Å². The van der Waals surface area contributed by atoms with Crippen LogP contribution < -0.4 is 78.3 Å². The lowest BCUT2D eigenvalue weighted by atomic mass is 9.80. The number of para-hydroxylation sites is 1. The largest absolute Gasteiger partial charge is 0.508 e. The molecule has 7 aromatic rings. The molecule has 0 radical (unpaired) electrons. The number of hydrogen-bond acceptors (Lipinski definition) is 26. The molecule has 0 aromatic heterocycles. The van der Waals surface area contributed by atoms with Gasteiger partial charge in [0, 0.05) is 61.8 Å². The molecular weight excluding hydrogens is 1710 g/mol. The Morgan fingerprint density at radius 3 is 1.98 bits per heavy atom. The molecule has 674 valence electrons. The summed E-state index contributed by atoms with van der Waals surface area (Å²) >= 11 is 26.5. The SMILES string of the molecule is CNC(=O)C1NC(=O)[C@@H](C)NC(=O)[C@H](CC(N)=O)NC(=O)[C@H](NC(=O)[C@@H](CC(C)C)NC)[C@H](O)c2ccc(c(Cl)c2)Oc2cccc(c2OC2CC(CO)C(O)C(O)C2OC2CC(C)(NCc3ccc(OCc4ccc(Cl)c(Cl)c4)cc3)C(O)C(C)O2)Oc2ccc(cc2Cl)[C@@H](O)CC(=O)N[C@@H](C(=O)NCCCCN)c2cc(O)cc(O)c2-c2cc1ccc2O. The van der Waals surface area contributed by atoms with E-state index in [0.29, 0.717) is 28.6 Å². The molecule has 34 nitrogen and oxygen atoms in total. The topological polar surface area (TPSA) is 534 Å². The molecule has 8 bridgehead atoms. The van der Waals surface area contributed by atoms with E-state index in [1.807, 2.05) is 26.0 Å². The maximum absolute atomic E-state index is 14.9. The Morgan fingerprint density at radius 2 is 1.35 bits per heavy atom. The quantitative estimate of drug-likeness (QED) is 0.0298. The fourth-order valence-electron chi connectivity index (χ4n) is 14.9. The van der Waals surface area contributed by atoms with Gasteiger partial charge in [0.15, 0.2) is 17.8 Å². The number of aliphatic hydroxyl groups is 6. The number of amides is 8. The molecular formula is C87H105Cl4N11O23. The molecule has 125 heavy (non-hydrogen) atoms. The summed E-state index contributed by atoms with van der Waals surface area (Å²) in [4.78, 5) is 114. The predicted molar refractivity (Wildman–Crippen MR) is 460 cm³/mol. The van der Waals surface area contributed by atoms with Crippen LogP contribution in [-0.2, 0) is 61.0 Å². The number of halogens is 4. The second kappa shape index (κ2) is 43.7. The Balaban J connectivity index is 1.04. The summed E-state index contributed by atoms with van der Waals surface area (Å²) in [5.74, 6) is -12.0. The molecule has 8 amide bonds. The first-order valence-corrected chi connectivity index (χ1v) is 41.9. The van der Waals surface area contributed by atoms with E-state index in [9.17, 15) is 84.3 Å². The first kappa shape index (κ1) is 96.8. The second-order valence-corrected chi connectivity index (χ2v) is 33.2. The van der Waals surface area contributed by atoms with Gasteiger partial charge in [-0.05, 0) is 178 Å². The van der Waals surface area contributed by atoms with Crippen LogP contribution in [0.2, 0.25) is 20.1 Å². The molecule has 1 saturated carbocycles. The highest BCUT2D eigenvalue weighted by Crippen LogP contribution is 2.49. The third kappa shape index (κ3) is 24.7. The minimum Gasteiger partial charge on any atom is -0.508 e. The van der Waals surface area contributed by atoms with Crippen molar-refractivity contribution in [3.8, 4) is 62.9 Å². The van der Waals surface area contributed by atoms with Crippen molar-refractivity contribution < 1.29 is 113 Å². The van der Waals surface area contributed by atoms with Crippen LogP contribution >= 0.6 is 46.4 Å². The molecule has 7 aromatic carbocycles. The van der Waals surface area contributed by atoms with Crippen LogP contribution in [0.25, 0.3) is 11.1 Å². The Kier molecular flexibility index (Phi) is 33.8. The van der Waals surface area contributed by atoms with Gasteiger partial charge >= 0.3 is 0 Å². The third-order valence-electron chi connectivity index (χ3n) is 21.8. The van der Waals surface area contributed by atoms with E-state index in [0.717, 1.165) is 35.4 Å². The van der Waals surface area contributed by atoms with Gasteiger partial charge in [-0.15, -0.1) is 0 Å². The van der Waals surface area contributed by atoms with E-state index in [1.54, 1.807) is 44.2 Å². The van der Waals surface area contributed by atoms with Crippen molar-refractivity contribution >= 4 is 93.7 Å². The minimum absolute atomic E-state index is 0.00655. The zero-order chi connectivity index (χ0) is 91.0. The first-order valence-electron chi connectivity index (χ1n) is 40.4. The van der Waals surface area contributed by atoms with Gasteiger partial charge in [-0.2, -0.15) is 0 Å². The van der Waals surface area contributed by atoms with E-state index >= 15 is 0 Å². The second-order valence-electron chi connectivity index (χ2n) is 31.6. The lowest BCUT2D eigenvalue weighted by Gasteiger charge is -2.48. The summed E-state index contributed by atoms with van der Waals surface area (Å²) in [6.07, 6.45) is -14.5. The molecule has 5 aliphatic rings. The highest BCUT2D eigenvalue weighted by Gasteiger charge is 2.51. The Hall–Kier alpha value is -10.4. The molecule has 17 atom stereocenters. The molecule has 22 N–H and O–H groups in total. The van der Waals surface area contributed by atoms with E-state index in [1.165, 1.54) is 81.7 Å². The normalized spacial score (nSPS) is 24.9. The number of aliphatic hydroxyl groups excluding tert-OH is 6. The van der Waals surface area contributed by atoms with Crippen LogP contribution in [0.1, 0.15) is 137 Å². The standard InChI is InChI=1S/C87H105Cl4N11O23/c1-41(2)27-58(94-6)82(115)102-74-75(110)48-18-24-64(57(91)31-48)123-66-12-10-11-65(78(66)124-67-32-49(39-103)76(111)77(112)79(67)125-70-37-87(5,80(113)43(4)121-70)97-38-44-13-19-51(20-14-44)120-40-45-15-21-54(88)55(89)28-45)122-63-23-17-46(30-56(63)90)61(106)36-69(109)100-73(85(118)96-26-9-8-25-92)53-33-50(104)34-62(107)71(53)52-29-47(16-22-60(52)105)72(84(117)95-7)101-81(114)42(3)98-83(116)59(35-68(93)108)99-86(74)119/h10-24,28-31,33-34,41-43,49,58-59,61,67,70,72-77,79-80,94,97,103-107,110-113H,8-9,25-27,32,35-40,92H2,1-7H3,(H2,93,108)(H,95,117)(H,96,118)(H,98,116)(H,99,119)(H,100,109)(H,101,114)(H,102,115)/t42-,43?,49?,58-,59+,61+,67?,70?,72?,73-,74-,75-,76?,77?,79?,80?,87?/m1/s1. The van der Waals surface area contributed by atoms with Crippen LogP contribution in [0.15, 0.2) is 127 Å². The van der Waals surface area contributed by atoms with E-state index in [-0.39, 0.29) is 118 Å². The fraction of sp³-hybridized carbons (Fsp3) is 0.425. The van der Waals surface area contributed by atoms with Gasteiger partial charge in [-0.25, -0.2) is 0 Å². The summed E-state index contributed by atoms with van der Waals surface area (Å²) in [6.45, 7) is 8.25.